The van der Waals surface area contributed by atoms with Crippen LogP contribution in [0.2, 0.25) is 5.02 Å². The number of benzene rings is 1. The number of sulfonamides is 1. The van der Waals surface area contributed by atoms with Gasteiger partial charge < -0.3 is 19.7 Å². The lowest BCUT2D eigenvalue weighted by molar-refractivity contribution is -0.117. The number of nitrogens with zero attached hydrogens (tertiary/aromatic N) is 3. The maximum absolute atomic E-state index is 12.5. The predicted octanol–water partition coefficient (Wildman–Crippen LogP) is 3.68. The van der Waals surface area contributed by atoms with Gasteiger partial charge in [0.05, 0.1) is 29.3 Å². The summed E-state index contributed by atoms with van der Waals surface area (Å²) in [5.41, 5.74) is 0.565. The van der Waals surface area contributed by atoms with Crippen molar-refractivity contribution in [3.05, 3.63) is 35.5 Å². The minimum absolute atomic E-state index is 0.0939. The number of aromatic nitrogens is 2. The van der Waals surface area contributed by atoms with Crippen LogP contribution in [-0.4, -0.2) is 56.5 Å². The van der Waals surface area contributed by atoms with Crippen molar-refractivity contribution < 1.29 is 17.9 Å². The van der Waals surface area contributed by atoms with Crippen molar-refractivity contribution in [1.29, 1.82) is 0 Å². The minimum Gasteiger partial charge on any atom is -0.371 e. The first-order chi connectivity index (χ1) is 15.7. The van der Waals surface area contributed by atoms with Gasteiger partial charge in [0.15, 0.2) is 5.82 Å². The van der Waals surface area contributed by atoms with Crippen molar-refractivity contribution in [3.63, 3.8) is 0 Å². The van der Waals surface area contributed by atoms with E-state index in [1.54, 1.807) is 18.3 Å². The van der Waals surface area contributed by atoms with Gasteiger partial charge in [0.2, 0.25) is 16.0 Å². The Kier molecular flexibility index (Phi) is 7.11. The second kappa shape index (κ2) is 9.71. The number of hydrogen-bond acceptors (Lipinski definition) is 8. The normalized spacial score (nSPS) is 21.0. The number of nitrogens with one attached hydrogen (secondary N) is 2. The van der Waals surface area contributed by atoms with Gasteiger partial charge in [0.25, 0.3) is 0 Å². The fourth-order valence-corrected chi connectivity index (χ4v) is 5.50. The molecule has 1 saturated heterocycles. The quantitative estimate of drug-likeness (QED) is 0.534. The second-order valence-electron chi connectivity index (χ2n) is 8.59. The average Bonchev–Trinajstić information content (AvgIpc) is 2.78. The molecule has 1 aromatic carbocycles. The Balaban J connectivity index is 1.49. The Bertz CT molecular complexity index is 1070. The monoisotopic (exact) mass is 495 g/mol. The second-order valence-corrected chi connectivity index (χ2v) is 10.7. The van der Waals surface area contributed by atoms with E-state index in [1.165, 1.54) is 25.7 Å². The van der Waals surface area contributed by atoms with Crippen molar-refractivity contribution in [3.8, 4) is 0 Å². The SMILES string of the molecule is CCC(NS(=O)(=O)c1ccc(Nc2ncc(Cl)c(N3CC4(CCC4)OC[C@@H]3C)n2)cc1)OC. The van der Waals surface area contributed by atoms with Crippen LogP contribution < -0.4 is 14.9 Å². The average molecular weight is 496 g/mol. The molecule has 4 rings (SSSR count). The topological polar surface area (TPSA) is 106 Å². The number of morpholine rings is 1. The van der Waals surface area contributed by atoms with Crippen LogP contribution in [0.5, 0.6) is 0 Å². The first-order valence-electron chi connectivity index (χ1n) is 11.1. The summed E-state index contributed by atoms with van der Waals surface area (Å²) in [4.78, 5) is 11.3. The van der Waals surface area contributed by atoms with Crippen molar-refractivity contribution in [1.82, 2.24) is 14.7 Å². The first-order valence-corrected chi connectivity index (χ1v) is 13.0. The lowest BCUT2D eigenvalue weighted by atomic mass is 9.78. The van der Waals surface area contributed by atoms with E-state index in [-0.39, 0.29) is 16.5 Å². The van der Waals surface area contributed by atoms with E-state index in [4.69, 9.17) is 21.1 Å². The lowest BCUT2D eigenvalue weighted by Crippen LogP contribution is -2.59. The lowest BCUT2D eigenvalue weighted by Gasteiger charge is -2.51. The highest BCUT2D eigenvalue weighted by atomic mass is 35.5. The van der Waals surface area contributed by atoms with E-state index in [1.807, 2.05) is 6.92 Å². The molecule has 0 amide bonds. The molecule has 1 spiro atoms. The fraction of sp³-hybridized carbons (Fsp3) is 0.545. The summed E-state index contributed by atoms with van der Waals surface area (Å²) in [5.74, 6) is 1.06. The molecule has 2 aromatic rings. The molecule has 2 atom stereocenters. The van der Waals surface area contributed by atoms with Crippen LogP contribution in [0.4, 0.5) is 17.5 Å². The van der Waals surface area contributed by atoms with Crippen LogP contribution in [0, 0.1) is 0 Å². The summed E-state index contributed by atoms with van der Waals surface area (Å²) in [7, 11) is -2.22. The fourth-order valence-electron chi connectivity index (χ4n) is 4.06. The summed E-state index contributed by atoms with van der Waals surface area (Å²) in [6.07, 6.45) is 4.82. The van der Waals surface area contributed by atoms with Gasteiger partial charge in [0.1, 0.15) is 11.3 Å². The highest BCUT2D eigenvalue weighted by molar-refractivity contribution is 7.89. The number of hydrogen-bond donors (Lipinski definition) is 2. The Labute approximate surface area is 199 Å². The molecular formula is C22H30ClN5O4S. The van der Waals surface area contributed by atoms with Gasteiger partial charge in [-0.25, -0.2) is 13.4 Å². The van der Waals surface area contributed by atoms with E-state index in [2.05, 4.69) is 31.8 Å². The van der Waals surface area contributed by atoms with Gasteiger partial charge in [-0.1, -0.05) is 18.5 Å². The Hall–Kier alpha value is -1.98. The molecule has 180 valence electrons. The van der Waals surface area contributed by atoms with E-state index in [9.17, 15) is 8.42 Å². The van der Waals surface area contributed by atoms with Gasteiger partial charge in [-0.05, 0) is 56.9 Å². The molecule has 2 heterocycles. The number of methoxy groups -OCH3 is 1. The van der Waals surface area contributed by atoms with Crippen LogP contribution in [-0.2, 0) is 19.5 Å². The molecule has 0 bridgehead atoms. The summed E-state index contributed by atoms with van der Waals surface area (Å²) in [6.45, 7) is 5.32. The van der Waals surface area contributed by atoms with Gasteiger partial charge in [-0.2, -0.15) is 9.71 Å². The molecule has 0 radical (unpaired) electrons. The Morgan fingerprint density at radius 2 is 2.06 bits per heavy atom. The molecule has 2 N–H and O–H groups in total. The standard InChI is InChI=1S/C22H30ClN5O4S/c1-4-19(31-3)27-33(29,30)17-8-6-16(7-9-17)25-21-24-12-18(23)20(26-21)28-14-22(10-5-11-22)32-13-15(28)2/h6-9,12,15,19,27H,4-5,10-11,13-14H2,1-3H3,(H,24,25,26)/t15-,19?/m0/s1. The summed E-state index contributed by atoms with van der Waals surface area (Å²) in [5, 5.41) is 3.62. The highest BCUT2D eigenvalue weighted by Crippen LogP contribution is 2.41. The van der Waals surface area contributed by atoms with E-state index in [0.29, 0.717) is 35.5 Å². The van der Waals surface area contributed by atoms with Crippen molar-refractivity contribution >= 4 is 39.1 Å². The van der Waals surface area contributed by atoms with Gasteiger partial charge in [0, 0.05) is 19.3 Å². The minimum atomic E-state index is -3.68. The third-order valence-corrected chi connectivity index (χ3v) is 7.98. The highest BCUT2D eigenvalue weighted by Gasteiger charge is 2.44. The molecule has 2 aliphatic rings. The van der Waals surface area contributed by atoms with Crippen molar-refractivity contribution in [2.24, 2.45) is 0 Å². The largest absolute Gasteiger partial charge is 0.371 e. The van der Waals surface area contributed by atoms with Crippen molar-refractivity contribution in [2.45, 2.75) is 62.3 Å². The molecule has 2 fully saturated rings. The van der Waals surface area contributed by atoms with Gasteiger partial charge >= 0.3 is 0 Å². The molecule has 1 saturated carbocycles. The van der Waals surface area contributed by atoms with Crippen LogP contribution in [0.3, 0.4) is 0 Å². The zero-order valence-electron chi connectivity index (χ0n) is 19.0. The van der Waals surface area contributed by atoms with Crippen molar-refractivity contribution in [2.75, 3.05) is 30.5 Å². The van der Waals surface area contributed by atoms with E-state index < -0.39 is 16.3 Å². The molecular weight excluding hydrogens is 466 g/mol. The number of halogens is 1. The number of anilines is 3. The maximum Gasteiger partial charge on any atom is 0.242 e. The molecule has 33 heavy (non-hydrogen) atoms. The third-order valence-electron chi connectivity index (χ3n) is 6.25. The molecule has 1 aliphatic heterocycles. The first kappa shape index (κ1) is 24.2. The third kappa shape index (κ3) is 5.25. The summed E-state index contributed by atoms with van der Waals surface area (Å²) in [6, 6.07) is 6.52. The van der Waals surface area contributed by atoms with Gasteiger partial charge in [-0.3, -0.25) is 0 Å². The van der Waals surface area contributed by atoms with E-state index >= 15 is 0 Å². The molecule has 1 aliphatic carbocycles. The van der Waals surface area contributed by atoms with E-state index in [0.717, 1.165) is 19.4 Å². The smallest absolute Gasteiger partial charge is 0.242 e. The molecule has 1 unspecified atom stereocenters. The molecule has 11 heteroatoms. The van der Waals surface area contributed by atoms with Crippen LogP contribution >= 0.6 is 11.6 Å². The summed E-state index contributed by atoms with van der Waals surface area (Å²) < 4.78 is 38.8. The number of ether oxygens (including phenoxy) is 2. The zero-order chi connectivity index (χ0) is 23.6. The number of rotatable bonds is 8. The van der Waals surface area contributed by atoms with Crippen LogP contribution in [0.15, 0.2) is 35.4 Å². The Morgan fingerprint density at radius 3 is 2.67 bits per heavy atom. The summed E-state index contributed by atoms with van der Waals surface area (Å²) >= 11 is 6.47. The Morgan fingerprint density at radius 1 is 1.33 bits per heavy atom. The molecule has 1 aromatic heterocycles. The van der Waals surface area contributed by atoms with Crippen LogP contribution in [0.25, 0.3) is 0 Å². The predicted molar refractivity (Wildman–Crippen MR) is 128 cm³/mol. The van der Waals surface area contributed by atoms with Gasteiger partial charge in [-0.15, -0.1) is 0 Å². The zero-order valence-corrected chi connectivity index (χ0v) is 20.6. The van der Waals surface area contributed by atoms with Crippen LogP contribution in [0.1, 0.15) is 39.5 Å². The maximum atomic E-state index is 12.5. The molecule has 9 nitrogen and oxygen atoms in total.